The monoisotopic (exact) mass is 508 g/mol. The first-order valence-corrected chi connectivity index (χ1v) is 13.1. The van der Waals surface area contributed by atoms with Gasteiger partial charge in [0.15, 0.2) is 23.3 Å². The lowest BCUT2D eigenvalue weighted by molar-refractivity contribution is 0.0116. The van der Waals surface area contributed by atoms with E-state index in [2.05, 4.69) is 0 Å². The van der Waals surface area contributed by atoms with Crippen molar-refractivity contribution in [1.29, 1.82) is 0 Å². The zero-order valence-electron chi connectivity index (χ0n) is 21.1. The second-order valence-corrected chi connectivity index (χ2v) is 10.0. The summed E-state index contributed by atoms with van der Waals surface area (Å²) < 4.78 is 75.2. The molecule has 0 aromatic heterocycles. The molecule has 0 atom stereocenters. The highest BCUT2D eigenvalue weighted by atomic mass is 19.2. The van der Waals surface area contributed by atoms with Crippen LogP contribution < -0.4 is 0 Å². The number of rotatable bonds is 9. The maximum atomic E-state index is 15.1. The summed E-state index contributed by atoms with van der Waals surface area (Å²) in [4.78, 5) is 0. The zero-order chi connectivity index (χ0) is 25.7. The van der Waals surface area contributed by atoms with Crippen molar-refractivity contribution in [2.45, 2.75) is 95.5 Å². The van der Waals surface area contributed by atoms with Crippen LogP contribution >= 0.6 is 0 Å². The molecule has 0 N–H and O–H groups in total. The summed E-state index contributed by atoms with van der Waals surface area (Å²) in [6, 6.07) is 6.57. The minimum Gasteiger partial charge on any atom is -0.381 e. The Morgan fingerprint density at radius 2 is 1.11 bits per heavy atom. The van der Waals surface area contributed by atoms with E-state index in [0.717, 1.165) is 25.7 Å². The lowest BCUT2D eigenvalue weighted by atomic mass is 9.79. The maximum absolute atomic E-state index is 15.1. The smallest absolute Gasteiger partial charge is 0.164 e. The van der Waals surface area contributed by atoms with Gasteiger partial charge in [-0.05, 0) is 81.3 Å². The molecule has 2 aliphatic rings. The predicted octanol–water partition coefficient (Wildman–Crippen LogP) is 7.70. The molecule has 2 fully saturated rings. The Kier molecular flexibility index (Phi) is 9.42. The molecular weight excluding hydrogens is 472 g/mol. The van der Waals surface area contributed by atoms with Gasteiger partial charge in [0.25, 0.3) is 0 Å². The Labute approximate surface area is 211 Å². The molecule has 2 saturated carbocycles. The molecular formula is C29H36F4O3. The van der Waals surface area contributed by atoms with Crippen molar-refractivity contribution in [2.75, 3.05) is 13.7 Å². The standard InChI is InChI=1S/C29H36F4O3/c1-3-35-16-20-4-5-21(27(31)26(20)30)17-36-23-12-8-19(9-13-23)25-15-14-24(28(32)29(25)33)18-6-10-22(34-2)11-7-18/h4-5,14-15,18-19,22-23H,3,6-13,16-17H2,1-2H3. The van der Waals surface area contributed by atoms with E-state index >= 15 is 8.78 Å². The lowest BCUT2D eigenvalue weighted by Gasteiger charge is -2.31. The third-order valence-electron chi connectivity index (χ3n) is 7.88. The molecule has 0 saturated heterocycles. The average Bonchev–Trinajstić information content (AvgIpc) is 2.91. The summed E-state index contributed by atoms with van der Waals surface area (Å²) in [5.41, 5.74) is 1.25. The Bertz CT molecular complexity index is 1010. The van der Waals surface area contributed by atoms with Crippen molar-refractivity contribution in [1.82, 2.24) is 0 Å². The first kappa shape index (κ1) is 27.1. The van der Waals surface area contributed by atoms with E-state index in [4.69, 9.17) is 14.2 Å². The fraction of sp³-hybridized carbons (Fsp3) is 0.586. The van der Waals surface area contributed by atoms with Crippen LogP contribution in [-0.4, -0.2) is 25.9 Å². The zero-order valence-corrected chi connectivity index (χ0v) is 21.1. The maximum Gasteiger partial charge on any atom is 0.164 e. The fourth-order valence-electron chi connectivity index (χ4n) is 5.63. The summed E-state index contributed by atoms with van der Waals surface area (Å²) in [5, 5.41) is 0. The molecule has 4 rings (SSSR count). The SMILES string of the molecule is CCOCc1ccc(COC2CCC(c3ccc(C4CCC(OC)CC4)c(F)c3F)CC2)c(F)c1F. The molecule has 198 valence electrons. The molecule has 7 heteroatoms. The van der Waals surface area contributed by atoms with Crippen LogP contribution in [0.15, 0.2) is 24.3 Å². The van der Waals surface area contributed by atoms with Crippen molar-refractivity contribution < 1.29 is 31.8 Å². The van der Waals surface area contributed by atoms with Crippen molar-refractivity contribution in [3.63, 3.8) is 0 Å². The number of benzene rings is 2. The summed E-state index contributed by atoms with van der Waals surface area (Å²) in [6.07, 6.45) is 6.03. The van der Waals surface area contributed by atoms with E-state index < -0.39 is 23.3 Å². The van der Waals surface area contributed by atoms with Crippen LogP contribution in [0.1, 0.15) is 92.4 Å². The first-order chi connectivity index (χ1) is 17.4. The summed E-state index contributed by atoms with van der Waals surface area (Å²) in [5.74, 6) is -3.30. The molecule has 0 heterocycles. The molecule has 0 amide bonds. The quantitative estimate of drug-likeness (QED) is 0.325. The van der Waals surface area contributed by atoms with Crippen LogP contribution in [0.2, 0.25) is 0 Å². The van der Waals surface area contributed by atoms with E-state index in [9.17, 15) is 8.78 Å². The van der Waals surface area contributed by atoms with E-state index in [0.29, 0.717) is 43.4 Å². The topological polar surface area (TPSA) is 27.7 Å². The molecule has 2 aromatic carbocycles. The van der Waals surface area contributed by atoms with Crippen LogP contribution in [0.3, 0.4) is 0 Å². The second-order valence-electron chi connectivity index (χ2n) is 10.0. The molecule has 0 aliphatic heterocycles. The van der Waals surface area contributed by atoms with Crippen LogP contribution in [0.4, 0.5) is 17.6 Å². The van der Waals surface area contributed by atoms with Gasteiger partial charge in [-0.1, -0.05) is 24.3 Å². The number of halogens is 4. The van der Waals surface area contributed by atoms with Gasteiger partial charge in [-0.25, -0.2) is 17.6 Å². The Morgan fingerprint density at radius 3 is 1.58 bits per heavy atom. The first-order valence-electron chi connectivity index (χ1n) is 13.1. The average molecular weight is 509 g/mol. The van der Waals surface area contributed by atoms with Gasteiger partial charge in [-0.15, -0.1) is 0 Å². The molecule has 3 nitrogen and oxygen atoms in total. The Morgan fingerprint density at radius 1 is 0.639 bits per heavy atom. The van der Waals surface area contributed by atoms with E-state index in [-0.39, 0.29) is 48.4 Å². The van der Waals surface area contributed by atoms with Crippen LogP contribution in [0.5, 0.6) is 0 Å². The van der Waals surface area contributed by atoms with E-state index in [1.54, 1.807) is 26.2 Å². The van der Waals surface area contributed by atoms with Gasteiger partial charge in [-0.3, -0.25) is 0 Å². The number of ether oxygens (including phenoxy) is 3. The molecule has 36 heavy (non-hydrogen) atoms. The highest BCUT2D eigenvalue weighted by molar-refractivity contribution is 5.32. The van der Waals surface area contributed by atoms with E-state index in [1.807, 2.05) is 0 Å². The third kappa shape index (κ3) is 6.12. The van der Waals surface area contributed by atoms with Gasteiger partial charge in [0.05, 0.1) is 25.4 Å². The molecule has 2 aliphatic carbocycles. The summed E-state index contributed by atoms with van der Waals surface area (Å²) in [7, 11) is 1.69. The van der Waals surface area contributed by atoms with E-state index in [1.165, 1.54) is 12.1 Å². The van der Waals surface area contributed by atoms with Crippen molar-refractivity contribution in [3.05, 3.63) is 69.8 Å². The van der Waals surface area contributed by atoms with Gasteiger partial charge in [0.2, 0.25) is 0 Å². The summed E-state index contributed by atoms with van der Waals surface area (Å²) in [6.45, 7) is 2.21. The third-order valence-corrected chi connectivity index (χ3v) is 7.88. The minimum atomic E-state index is -0.908. The van der Waals surface area contributed by atoms with Crippen molar-refractivity contribution >= 4 is 0 Å². The van der Waals surface area contributed by atoms with Crippen LogP contribution in [0, 0.1) is 23.3 Å². The molecule has 0 unspecified atom stereocenters. The highest BCUT2D eigenvalue weighted by Crippen LogP contribution is 2.40. The predicted molar refractivity (Wildman–Crippen MR) is 130 cm³/mol. The Balaban J connectivity index is 1.31. The lowest BCUT2D eigenvalue weighted by Crippen LogP contribution is -2.22. The largest absolute Gasteiger partial charge is 0.381 e. The van der Waals surface area contributed by atoms with Gasteiger partial charge in [0.1, 0.15) is 0 Å². The molecule has 0 spiro atoms. The summed E-state index contributed by atoms with van der Waals surface area (Å²) >= 11 is 0. The Hall–Kier alpha value is -1.96. The van der Waals surface area contributed by atoms with Gasteiger partial charge >= 0.3 is 0 Å². The highest BCUT2D eigenvalue weighted by Gasteiger charge is 2.30. The number of hydrogen-bond donors (Lipinski definition) is 0. The molecule has 0 radical (unpaired) electrons. The van der Waals surface area contributed by atoms with Crippen molar-refractivity contribution in [2.24, 2.45) is 0 Å². The molecule has 0 bridgehead atoms. The van der Waals surface area contributed by atoms with Gasteiger partial charge in [0, 0.05) is 24.8 Å². The second kappa shape index (κ2) is 12.5. The number of hydrogen-bond acceptors (Lipinski definition) is 3. The van der Waals surface area contributed by atoms with Crippen LogP contribution in [-0.2, 0) is 27.4 Å². The fourth-order valence-corrected chi connectivity index (χ4v) is 5.63. The number of methoxy groups -OCH3 is 1. The normalized spacial score (nSPS) is 24.7. The van der Waals surface area contributed by atoms with Crippen LogP contribution in [0.25, 0.3) is 0 Å². The van der Waals surface area contributed by atoms with Gasteiger partial charge < -0.3 is 14.2 Å². The van der Waals surface area contributed by atoms with Crippen molar-refractivity contribution in [3.8, 4) is 0 Å². The molecule has 2 aromatic rings. The minimum absolute atomic E-state index is 0.0253. The van der Waals surface area contributed by atoms with Gasteiger partial charge in [-0.2, -0.15) is 0 Å².